The second kappa shape index (κ2) is 4.73. The number of aromatic amines is 1. The monoisotopic (exact) mass is 281 g/mol. The largest absolute Gasteiger partial charge is 0.477 e. The quantitative estimate of drug-likeness (QED) is 0.778. The van der Waals surface area contributed by atoms with Crippen LogP contribution in [0.1, 0.15) is 10.5 Å². The van der Waals surface area contributed by atoms with E-state index in [2.05, 4.69) is 14.9 Å². The summed E-state index contributed by atoms with van der Waals surface area (Å²) in [5.41, 5.74) is 1.58. The number of carboxylic acids is 1. The van der Waals surface area contributed by atoms with Crippen LogP contribution in [0.3, 0.4) is 0 Å². The summed E-state index contributed by atoms with van der Waals surface area (Å²) in [6, 6.07) is 7.85. The van der Waals surface area contributed by atoms with Crippen LogP contribution >= 0.6 is 0 Å². The molecule has 0 aliphatic heterocycles. The summed E-state index contributed by atoms with van der Waals surface area (Å²) < 4.78 is 24.4. The molecule has 7 nitrogen and oxygen atoms in total. The Bertz CT molecular complexity index is 704. The molecule has 0 aliphatic carbocycles. The van der Waals surface area contributed by atoms with E-state index in [-0.39, 0.29) is 5.69 Å². The van der Waals surface area contributed by atoms with Gasteiger partial charge in [-0.15, -0.1) is 0 Å². The topological polar surface area (TPSA) is 112 Å². The van der Waals surface area contributed by atoms with Crippen LogP contribution in [0.4, 0.5) is 5.69 Å². The predicted octanol–water partition coefficient (Wildman–Crippen LogP) is 1.15. The molecule has 3 N–H and O–H groups in total. The molecule has 19 heavy (non-hydrogen) atoms. The van der Waals surface area contributed by atoms with Crippen molar-refractivity contribution in [1.29, 1.82) is 0 Å². The first-order valence-electron chi connectivity index (χ1n) is 5.22. The molecule has 100 valence electrons. The van der Waals surface area contributed by atoms with Gasteiger partial charge in [-0.25, -0.2) is 13.2 Å². The molecule has 2 aromatic rings. The molecule has 0 atom stereocenters. The molecular weight excluding hydrogens is 270 g/mol. The maximum absolute atomic E-state index is 11.0. The van der Waals surface area contributed by atoms with Crippen molar-refractivity contribution >= 4 is 21.7 Å². The highest BCUT2D eigenvalue weighted by Gasteiger charge is 2.09. The van der Waals surface area contributed by atoms with Gasteiger partial charge in [-0.05, 0) is 18.2 Å². The van der Waals surface area contributed by atoms with Crippen molar-refractivity contribution in [3.63, 3.8) is 0 Å². The molecule has 0 spiro atoms. The molecule has 0 amide bonds. The van der Waals surface area contributed by atoms with Gasteiger partial charge in [-0.1, -0.05) is 12.1 Å². The van der Waals surface area contributed by atoms with Crippen LogP contribution in [0.2, 0.25) is 0 Å². The molecule has 0 unspecified atom stereocenters. The molecule has 0 radical (unpaired) electrons. The average molecular weight is 281 g/mol. The number of nitrogens with zero attached hydrogens (tertiary/aromatic N) is 1. The third kappa shape index (κ3) is 3.32. The van der Waals surface area contributed by atoms with Gasteiger partial charge < -0.3 is 5.11 Å². The van der Waals surface area contributed by atoms with Gasteiger partial charge in [-0.2, -0.15) is 5.10 Å². The van der Waals surface area contributed by atoms with E-state index in [0.29, 0.717) is 16.9 Å². The van der Waals surface area contributed by atoms with Gasteiger partial charge in [0.05, 0.1) is 11.9 Å². The number of anilines is 1. The molecule has 0 aliphatic rings. The van der Waals surface area contributed by atoms with Crippen LogP contribution in [0.15, 0.2) is 30.3 Å². The lowest BCUT2D eigenvalue weighted by atomic mass is 10.1. The van der Waals surface area contributed by atoms with Gasteiger partial charge in [0.15, 0.2) is 0 Å². The predicted molar refractivity (Wildman–Crippen MR) is 69.4 cm³/mol. The SMILES string of the molecule is CS(=O)(=O)Nc1ccc(-c2cc(C(=O)O)[nH]n2)cc1. The summed E-state index contributed by atoms with van der Waals surface area (Å²) in [4.78, 5) is 10.7. The van der Waals surface area contributed by atoms with Crippen molar-refractivity contribution in [2.45, 2.75) is 0 Å². The molecule has 8 heteroatoms. The summed E-state index contributed by atoms with van der Waals surface area (Å²) in [5.74, 6) is -1.09. The molecule has 0 saturated heterocycles. The minimum absolute atomic E-state index is 0.00617. The number of hydrogen-bond acceptors (Lipinski definition) is 4. The van der Waals surface area contributed by atoms with Gasteiger partial charge in [0.2, 0.25) is 10.0 Å². The third-order valence-corrected chi connectivity index (χ3v) is 2.90. The Balaban J connectivity index is 2.24. The fourth-order valence-electron chi connectivity index (χ4n) is 1.50. The maximum Gasteiger partial charge on any atom is 0.353 e. The van der Waals surface area contributed by atoms with Crippen LogP contribution in [0.5, 0.6) is 0 Å². The van der Waals surface area contributed by atoms with Crippen molar-refractivity contribution in [3.8, 4) is 11.3 Å². The fourth-order valence-corrected chi connectivity index (χ4v) is 2.07. The zero-order valence-electron chi connectivity index (χ0n) is 9.91. The Morgan fingerprint density at radius 2 is 1.95 bits per heavy atom. The van der Waals surface area contributed by atoms with E-state index >= 15 is 0 Å². The Hall–Kier alpha value is -2.35. The lowest BCUT2D eigenvalue weighted by Gasteiger charge is -2.03. The van der Waals surface area contributed by atoms with E-state index in [9.17, 15) is 13.2 Å². The van der Waals surface area contributed by atoms with E-state index in [4.69, 9.17) is 5.11 Å². The number of benzene rings is 1. The van der Waals surface area contributed by atoms with Gasteiger partial charge in [0.25, 0.3) is 0 Å². The van der Waals surface area contributed by atoms with Crippen molar-refractivity contribution in [2.75, 3.05) is 11.0 Å². The number of H-pyrrole nitrogens is 1. The molecule has 0 saturated carbocycles. The number of sulfonamides is 1. The van der Waals surface area contributed by atoms with Crippen LogP contribution in [-0.2, 0) is 10.0 Å². The lowest BCUT2D eigenvalue weighted by molar-refractivity contribution is 0.0690. The normalized spacial score (nSPS) is 11.2. The number of carboxylic acid groups (broad SMARTS) is 1. The van der Waals surface area contributed by atoms with E-state index in [1.807, 2.05) is 0 Å². The van der Waals surface area contributed by atoms with Crippen LogP contribution in [0, 0.1) is 0 Å². The number of hydrogen-bond donors (Lipinski definition) is 3. The Kier molecular flexibility index (Phi) is 3.26. The zero-order valence-corrected chi connectivity index (χ0v) is 10.7. The second-order valence-electron chi connectivity index (χ2n) is 3.92. The Morgan fingerprint density at radius 3 is 2.42 bits per heavy atom. The molecule has 0 fully saturated rings. The molecule has 1 heterocycles. The number of nitrogens with one attached hydrogen (secondary N) is 2. The number of aromatic carboxylic acids is 1. The molecule has 0 bridgehead atoms. The summed E-state index contributed by atoms with van der Waals surface area (Å²) in [6.07, 6.45) is 1.06. The molecule has 1 aromatic carbocycles. The minimum Gasteiger partial charge on any atom is -0.477 e. The highest BCUT2D eigenvalue weighted by atomic mass is 32.2. The second-order valence-corrected chi connectivity index (χ2v) is 5.67. The standard InChI is InChI=1S/C11H11N3O4S/c1-19(17,18)14-8-4-2-7(3-5-8)9-6-10(11(15)16)13-12-9/h2-6,14H,1H3,(H,12,13)(H,15,16). The zero-order chi connectivity index (χ0) is 14.0. The first-order chi connectivity index (χ1) is 8.85. The van der Waals surface area contributed by atoms with Gasteiger partial charge in [0.1, 0.15) is 5.69 Å². The Morgan fingerprint density at radius 1 is 1.32 bits per heavy atom. The van der Waals surface area contributed by atoms with Crippen LogP contribution < -0.4 is 4.72 Å². The van der Waals surface area contributed by atoms with Crippen molar-refractivity contribution < 1.29 is 18.3 Å². The fraction of sp³-hybridized carbons (Fsp3) is 0.0909. The number of rotatable bonds is 4. The first-order valence-corrected chi connectivity index (χ1v) is 7.11. The highest BCUT2D eigenvalue weighted by molar-refractivity contribution is 7.92. The first kappa shape index (κ1) is 13.1. The van der Waals surface area contributed by atoms with Gasteiger partial charge >= 0.3 is 5.97 Å². The number of aromatic nitrogens is 2. The van der Waals surface area contributed by atoms with Gasteiger partial charge in [0, 0.05) is 11.3 Å². The molecular formula is C11H11N3O4S. The van der Waals surface area contributed by atoms with Crippen LogP contribution in [0.25, 0.3) is 11.3 Å². The van der Waals surface area contributed by atoms with E-state index < -0.39 is 16.0 Å². The van der Waals surface area contributed by atoms with Crippen molar-refractivity contribution in [1.82, 2.24) is 10.2 Å². The maximum atomic E-state index is 11.0. The van der Waals surface area contributed by atoms with E-state index in [0.717, 1.165) is 6.26 Å². The third-order valence-electron chi connectivity index (χ3n) is 2.29. The van der Waals surface area contributed by atoms with Crippen molar-refractivity contribution in [3.05, 3.63) is 36.0 Å². The lowest BCUT2D eigenvalue weighted by Crippen LogP contribution is -2.09. The summed E-state index contributed by atoms with van der Waals surface area (Å²) >= 11 is 0. The smallest absolute Gasteiger partial charge is 0.353 e. The highest BCUT2D eigenvalue weighted by Crippen LogP contribution is 2.20. The summed E-state index contributed by atoms with van der Waals surface area (Å²) in [7, 11) is -3.31. The Labute approximate surface area is 109 Å². The number of carbonyl (C=O) groups is 1. The summed E-state index contributed by atoms with van der Waals surface area (Å²) in [5, 5.41) is 15.0. The minimum atomic E-state index is -3.31. The van der Waals surface area contributed by atoms with Crippen LogP contribution in [-0.4, -0.2) is 35.9 Å². The van der Waals surface area contributed by atoms with E-state index in [1.165, 1.54) is 6.07 Å². The summed E-state index contributed by atoms with van der Waals surface area (Å²) in [6.45, 7) is 0. The van der Waals surface area contributed by atoms with Crippen molar-refractivity contribution in [2.24, 2.45) is 0 Å². The molecule has 1 aromatic heterocycles. The van der Waals surface area contributed by atoms with E-state index in [1.54, 1.807) is 24.3 Å². The van der Waals surface area contributed by atoms with Gasteiger partial charge in [-0.3, -0.25) is 9.82 Å². The molecule has 2 rings (SSSR count). The average Bonchev–Trinajstić information content (AvgIpc) is 2.77.